The molecule has 3 N–H and O–H groups in total. The molecule has 1 unspecified atom stereocenters. The van der Waals surface area contributed by atoms with Gasteiger partial charge in [0.1, 0.15) is 0 Å². The third kappa shape index (κ3) is 3.47. The third-order valence-corrected chi connectivity index (χ3v) is 3.08. The summed E-state index contributed by atoms with van der Waals surface area (Å²) in [6, 6.07) is 0.00431. The first-order chi connectivity index (χ1) is 7.19. The zero-order valence-electron chi connectivity index (χ0n) is 9.83. The van der Waals surface area contributed by atoms with Crippen LogP contribution in [0.1, 0.15) is 26.7 Å². The van der Waals surface area contributed by atoms with E-state index in [1.807, 2.05) is 6.92 Å². The number of hydrogen-bond acceptors (Lipinski definition) is 3. The number of rotatable bonds is 6. The fraction of sp³-hybridized carbons (Fsp3) is 0.909. The summed E-state index contributed by atoms with van der Waals surface area (Å²) < 4.78 is 0. The van der Waals surface area contributed by atoms with E-state index < -0.39 is 0 Å². The van der Waals surface area contributed by atoms with Gasteiger partial charge in [-0.1, -0.05) is 13.3 Å². The lowest BCUT2D eigenvalue weighted by atomic mass is 9.98. The number of carbonyl (C=O) groups excluding carboxylic acids is 1. The highest BCUT2D eigenvalue weighted by Gasteiger charge is 2.32. The van der Waals surface area contributed by atoms with Gasteiger partial charge in [0.15, 0.2) is 0 Å². The van der Waals surface area contributed by atoms with E-state index in [1.165, 1.54) is 0 Å². The second-order valence-corrected chi connectivity index (χ2v) is 4.38. The Morgan fingerprint density at radius 2 is 2.27 bits per heavy atom. The van der Waals surface area contributed by atoms with Crippen LogP contribution < -0.4 is 11.1 Å². The van der Waals surface area contributed by atoms with E-state index in [2.05, 4.69) is 17.1 Å². The van der Waals surface area contributed by atoms with Crippen LogP contribution >= 0.6 is 0 Å². The van der Waals surface area contributed by atoms with Gasteiger partial charge >= 0.3 is 0 Å². The molecule has 0 aromatic rings. The van der Waals surface area contributed by atoms with E-state index in [0.717, 1.165) is 39.0 Å². The van der Waals surface area contributed by atoms with Crippen LogP contribution in [0.2, 0.25) is 0 Å². The van der Waals surface area contributed by atoms with Crippen molar-refractivity contribution in [3.63, 3.8) is 0 Å². The first kappa shape index (κ1) is 12.5. The summed E-state index contributed by atoms with van der Waals surface area (Å²) in [7, 11) is 0. The second kappa shape index (κ2) is 6.08. The predicted octanol–water partition coefficient (Wildman–Crippen LogP) is 0.182. The smallest absolute Gasteiger partial charge is 0.237 e. The second-order valence-electron chi connectivity index (χ2n) is 4.38. The number of likely N-dealkylation sites (tertiary alicyclic amines) is 1. The lowest BCUT2D eigenvalue weighted by molar-refractivity contribution is -0.128. The Morgan fingerprint density at radius 1 is 1.60 bits per heavy atom. The molecule has 0 aromatic heterocycles. The molecule has 1 amide bonds. The van der Waals surface area contributed by atoms with Crippen LogP contribution in [0.4, 0.5) is 0 Å². The molecule has 0 aromatic carbocycles. The molecule has 15 heavy (non-hydrogen) atoms. The van der Waals surface area contributed by atoms with Gasteiger partial charge in [0.25, 0.3) is 0 Å². The first-order valence-electron chi connectivity index (χ1n) is 5.90. The summed E-state index contributed by atoms with van der Waals surface area (Å²) in [5.74, 6) is 0.745. The van der Waals surface area contributed by atoms with Crippen molar-refractivity contribution in [2.45, 2.75) is 32.7 Å². The van der Waals surface area contributed by atoms with Crippen molar-refractivity contribution in [2.24, 2.45) is 11.7 Å². The van der Waals surface area contributed by atoms with Gasteiger partial charge in [-0.2, -0.15) is 0 Å². The number of hydrogen-bond donors (Lipinski definition) is 2. The topological polar surface area (TPSA) is 58.4 Å². The lowest BCUT2D eigenvalue weighted by Crippen LogP contribution is -2.57. The zero-order chi connectivity index (χ0) is 11.3. The average molecular weight is 213 g/mol. The monoisotopic (exact) mass is 213 g/mol. The van der Waals surface area contributed by atoms with Gasteiger partial charge < -0.3 is 11.1 Å². The standard InChI is InChI=1S/C11H23N3O/c1-3-4-5-13-11(15)9(2)14-7-10(6-12)8-14/h9-10H,3-8,12H2,1-2H3,(H,13,15). The van der Waals surface area contributed by atoms with Crippen molar-refractivity contribution in [2.75, 3.05) is 26.2 Å². The van der Waals surface area contributed by atoms with Crippen LogP contribution in [0.5, 0.6) is 0 Å². The fourth-order valence-corrected chi connectivity index (χ4v) is 1.78. The van der Waals surface area contributed by atoms with Crippen LogP contribution in [0.15, 0.2) is 0 Å². The Balaban J connectivity index is 2.16. The molecule has 1 fully saturated rings. The number of nitrogens with two attached hydrogens (primary N) is 1. The molecule has 1 rings (SSSR count). The van der Waals surface area contributed by atoms with Crippen LogP contribution in [0, 0.1) is 5.92 Å². The van der Waals surface area contributed by atoms with Crippen molar-refractivity contribution in [3.05, 3.63) is 0 Å². The maximum atomic E-state index is 11.7. The number of amides is 1. The maximum absolute atomic E-state index is 11.7. The Kier molecular flexibility index (Phi) is 5.05. The molecule has 1 aliphatic rings. The largest absolute Gasteiger partial charge is 0.355 e. The summed E-state index contributed by atoms with van der Waals surface area (Å²) >= 11 is 0. The molecule has 1 aliphatic heterocycles. The van der Waals surface area contributed by atoms with Gasteiger partial charge in [-0.3, -0.25) is 9.69 Å². The van der Waals surface area contributed by atoms with E-state index in [0.29, 0.717) is 5.92 Å². The molecule has 4 nitrogen and oxygen atoms in total. The van der Waals surface area contributed by atoms with E-state index in [4.69, 9.17) is 5.73 Å². The van der Waals surface area contributed by atoms with Crippen LogP contribution in [0.3, 0.4) is 0 Å². The molecular weight excluding hydrogens is 190 g/mol. The van der Waals surface area contributed by atoms with E-state index in [-0.39, 0.29) is 11.9 Å². The summed E-state index contributed by atoms with van der Waals surface area (Å²) in [5.41, 5.74) is 5.54. The van der Waals surface area contributed by atoms with Crippen LogP contribution in [-0.4, -0.2) is 43.0 Å². The Hall–Kier alpha value is -0.610. The average Bonchev–Trinajstić information content (AvgIpc) is 2.16. The summed E-state index contributed by atoms with van der Waals surface area (Å²) in [6.45, 7) is 7.57. The highest BCUT2D eigenvalue weighted by molar-refractivity contribution is 5.81. The SMILES string of the molecule is CCCCNC(=O)C(C)N1CC(CN)C1. The van der Waals surface area contributed by atoms with Gasteiger partial charge in [0.05, 0.1) is 6.04 Å². The van der Waals surface area contributed by atoms with Crippen molar-refractivity contribution in [3.8, 4) is 0 Å². The molecule has 0 spiro atoms. The Labute approximate surface area is 92.2 Å². The number of nitrogens with zero attached hydrogens (tertiary/aromatic N) is 1. The highest BCUT2D eigenvalue weighted by atomic mass is 16.2. The molecule has 88 valence electrons. The number of unbranched alkanes of at least 4 members (excludes halogenated alkanes) is 1. The van der Waals surface area contributed by atoms with Crippen molar-refractivity contribution in [1.82, 2.24) is 10.2 Å². The molecule has 1 saturated heterocycles. The van der Waals surface area contributed by atoms with Gasteiger partial charge in [-0.15, -0.1) is 0 Å². The minimum Gasteiger partial charge on any atom is -0.355 e. The van der Waals surface area contributed by atoms with E-state index in [9.17, 15) is 4.79 Å². The molecular formula is C11H23N3O. The lowest BCUT2D eigenvalue weighted by Gasteiger charge is -2.41. The zero-order valence-corrected chi connectivity index (χ0v) is 9.83. The Bertz CT molecular complexity index is 202. The maximum Gasteiger partial charge on any atom is 0.237 e. The summed E-state index contributed by atoms with van der Waals surface area (Å²) in [6.07, 6.45) is 2.18. The van der Waals surface area contributed by atoms with Crippen molar-refractivity contribution >= 4 is 5.91 Å². The van der Waals surface area contributed by atoms with Crippen LogP contribution in [-0.2, 0) is 4.79 Å². The Morgan fingerprint density at radius 3 is 2.80 bits per heavy atom. The highest BCUT2D eigenvalue weighted by Crippen LogP contribution is 2.17. The quantitative estimate of drug-likeness (QED) is 0.619. The fourth-order valence-electron chi connectivity index (χ4n) is 1.78. The van der Waals surface area contributed by atoms with Crippen molar-refractivity contribution in [1.29, 1.82) is 0 Å². The normalized spacial score (nSPS) is 19.7. The molecule has 0 saturated carbocycles. The summed E-state index contributed by atoms with van der Waals surface area (Å²) in [4.78, 5) is 13.8. The van der Waals surface area contributed by atoms with Gasteiger partial charge in [0.2, 0.25) is 5.91 Å². The number of carbonyl (C=O) groups is 1. The predicted molar refractivity (Wildman–Crippen MR) is 61.5 cm³/mol. The van der Waals surface area contributed by atoms with Gasteiger partial charge in [-0.25, -0.2) is 0 Å². The number of nitrogens with one attached hydrogen (secondary N) is 1. The minimum atomic E-state index is 0.00431. The molecule has 0 radical (unpaired) electrons. The first-order valence-corrected chi connectivity index (χ1v) is 5.90. The minimum absolute atomic E-state index is 0.00431. The molecule has 1 atom stereocenters. The molecule has 1 heterocycles. The molecule has 0 aliphatic carbocycles. The molecule has 4 heteroatoms. The summed E-state index contributed by atoms with van der Waals surface area (Å²) in [5, 5.41) is 2.95. The van der Waals surface area contributed by atoms with E-state index >= 15 is 0 Å². The van der Waals surface area contributed by atoms with Gasteiger partial charge in [0, 0.05) is 19.6 Å². The van der Waals surface area contributed by atoms with Crippen molar-refractivity contribution < 1.29 is 4.79 Å². The van der Waals surface area contributed by atoms with Gasteiger partial charge in [-0.05, 0) is 25.8 Å². The van der Waals surface area contributed by atoms with E-state index in [1.54, 1.807) is 0 Å². The third-order valence-electron chi connectivity index (χ3n) is 3.08. The molecule has 0 bridgehead atoms. The van der Waals surface area contributed by atoms with Crippen LogP contribution in [0.25, 0.3) is 0 Å².